The Morgan fingerprint density at radius 3 is 3.14 bits per heavy atom. The van der Waals surface area contributed by atoms with Crippen LogP contribution >= 0.6 is 11.3 Å². The van der Waals surface area contributed by atoms with Gasteiger partial charge in [0, 0.05) is 11.6 Å². The molecule has 14 heavy (non-hydrogen) atoms. The summed E-state index contributed by atoms with van der Waals surface area (Å²) in [5.74, 6) is 0. The Hall–Kier alpha value is -1.62. The fraction of sp³-hybridized carbons (Fsp3) is 0.111. The largest absolute Gasteiger partial charge is 0.394 e. The van der Waals surface area contributed by atoms with E-state index in [2.05, 4.69) is 4.98 Å². The highest BCUT2D eigenvalue weighted by molar-refractivity contribution is 7.07. The molecule has 0 bridgehead atoms. The summed E-state index contributed by atoms with van der Waals surface area (Å²) in [5, 5.41) is 1.91. The normalized spacial score (nSPS) is 10.3. The Labute approximate surface area is 84.6 Å². The van der Waals surface area contributed by atoms with Crippen LogP contribution < -0.4 is 11.3 Å². The maximum Gasteiger partial charge on any atom is 0.274 e. The molecule has 0 aromatic carbocycles. The molecule has 2 aromatic heterocycles. The van der Waals surface area contributed by atoms with Gasteiger partial charge in [-0.2, -0.15) is 0 Å². The summed E-state index contributed by atoms with van der Waals surface area (Å²) >= 11 is 1.51. The fourth-order valence-corrected chi connectivity index (χ4v) is 1.72. The van der Waals surface area contributed by atoms with Gasteiger partial charge in [-0.25, -0.2) is 4.98 Å². The van der Waals surface area contributed by atoms with Crippen molar-refractivity contribution >= 4 is 17.0 Å². The van der Waals surface area contributed by atoms with Crippen molar-refractivity contribution in [2.75, 3.05) is 5.73 Å². The lowest BCUT2D eigenvalue weighted by atomic mass is 10.4. The lowest BCUT2D eigenvalue weighted by Gasteiger charge is -2.03. The lowest BCUT2D eigenvalue weighted by molar-refractivity contribution is 0.746. The van der Waals surface area contributed by atoms with Gasteiger partial charge in [0.25, 0.3) is 5.56 Å². The minimum atomic E-state index is -0.166. The summed E-state index contributed by atoms with van der Waals surface area (Å²) in [6.07, 6.45) is 1.71. The second-order valence-corrected chi connectivity index (χ2v) is 3.60. The molecule has 0 saturated heterocycles. The molecule has 2 aromatic rings. The van der Waals surface area contributed by atoms with Crippen LogP contribution in [0.4, 0.5) is 5.69 Å². The summed E-state index contributed by atoms with van der Waals surface area (Å²) in [6.45, 7) is 0.480. The highest BCUT2D eigenvalue weighted by atomic mass is 32.1. The summed E-state index contributed by atoms with van der Waals surface area (Å²) in [4.78, 5) is 15.6. The minimum Gasteiger partial charge on any atom is -0.394 e. The van der Waals surface area contributed by atoms with Crippen LogP contribution in [-0.2, 0) is 6.54 Å². The number of nitrogens with zero attached hydrogens (tertiary/aromatic N) is 2. The molecule has 0 radical (unpaired) electrons. The topological polar surface area (TPSA) is 60.9 Å². The Balaban J connectivity index is 2.34. The van der Waals surface area contributed by atoms with Crippen molar-refractivity contribution in [1.82, 2.24) is 9.55 Å². The number of anilines is 1. The van der Waals surface area contributed by atoms with Gasteiger partial charge in [-0.05, 0) is 12.1 Å². The second kappa shape index (κ2) is 3.63. The molecule has 2 rings (SSSR count). The molecule has 0 aliphatic carbocycles. The fourth-order valence-electron chi connectivity index (χ4n) is 1.17. The van der Waals surface area contributed by atoms with Crippen molar-refractivity contribution in [2.24, 2.45) is 0 Å². The van der Waals surface area contributed by atoms with Crippen molar-refractivity contribution in [3.8, 4) is 0 Å². The molecular weight excluding hydrogens is 198 g/mol. The maximum absolute atomic E-state index is 11.5. The smallest absolute Gasteiger partial charge is 0.274 e. The zero-order valence-electron chi connectivity index (χ0n) is 7.38. The molecule has 4 nitrogen and oxygen atoms in total. The van der Waals surface area contributed by atoms with E-state index in [1.165, 1.54) is 11.3 Å². The van der Waals surface area contributed by atoms with Crippen molar-refractivity contribution in [1.29, 1.82) is 0 Å². The molecule has 0 atom stereocenters. The van der Waals surface area contributed by atoms with E-state index >= 15 is 0 Å². The third-order valence-electron chi connectivity index (χ3n) is 1.87. The van der Waals surface area contributed by atoms with Crippen LogP contribution in [0.2, 0.25) is 0 Å². The first-order valence-corrected chi connectivity index (χ1v) is 5.03. The first-order valence-electron chi connectivity index (χ1n) is 4.09. The number of rotatable bonds is 2. The Morgan fingerprint density at radius 2 is 2.43 bits per heavy atom. The van der Waals surface area contributed by atoms with E-state index in [0.29, 0.717) is 6.54 Å². The standard InChI is InChI=1S/C9H9N3OS/c10-8-2-1-3-12(9(8)13)4-7-5-14-6-11-7/h1-3,5-6H,4,10H2. The summed E-state index contributed by atoms with van der Waals surface area (Å²) < 4.78 is 1.55. The number of nitrogen functional groups attached to an aromatic ring is 1. The molecule has 0 aliphatic heterocycles. The van der Waals surface area contributed by atoms with E-state index < -0.39 is 0 Å². The minimum absolute atomic E-state index is 0.166. The van der Waals surface area contributed by atoms with Crippen LogP contribution in [0, 0.1) is 0 Å². The quantitative estimate of drug-likeness (QED) is 0.797. The third kappa shape index (κ3) is 1.67. The van der Waals surface area contributed by atoms with E-state index in [9.17, 15) is 4.79 Å². The van der Waals surface area contributed by atoms with Crippen LogP contribution in [0.5, 0.6) is 0 Å². The molecule has 0 amide bonds. The Kier molecular flexibility index (Phi) is 2.32. The molecule has 0 spiro atoms. The monoisotopic (exact) mass is 207 g/mol. The van der Waals surface area contributed by atoms with Crippen molar-refractivity contribution in [2.45, 2.75) is 6.54 Å². The molecule has 0 saturated carbocycles. The highest BCUT2D eigenvalue weighted by Crippen LogP contribution is 2.02. The van der Waals surface area contributed by atoms with Gasteiger partial charge < -0.3 is 10.3 Å². The van der Waals surface area contributed by atoms with E-state index in [4.69, 9.17) is 5.73 Å². The predicted molar refractivity (Wildman–Crippen MR) is 56.3 cm³/mol. The van der Waals surface area contributed by atoms with E-state index in [-0.39, 0.29) is 11.2 Å². The van der Waals surface area contributed by atoms with Gasteiger partial charge in [-0.1, -0.05) is 0 Å². The van der Waals surface area contributed by atoms with Crippen molar-refractivity contribution in [3.63, 3.8) is 0 Å². The van der Waals surface area contributed by atoms with Gasteiger partial charge >= 0.3 is 0 Å². The first-order chi connectivity index (χ1) is 6.77. The van der Waals surface area contributed by atoms with Crippen molar-refractivity contribution in [3.05, 3.63) is 45.3 Å². The van der Waals surface area contributed by atoms with E-state index in [1.54, 1.807) is 28.4 Å². The Morgan fingerprint density at radius 1 is 1.57 bits per heavy atom. The average Bonchev–Trinajstić information content (AvgIpc) is 2.66. The number of thiazole rings is 1. The average molecular weight is 207 g/mol. The molecule has 0 unspecified atom stereocenters. The van der Waals surface area contributed by atoms with Crippen LogP contribution in [0.1, 0.15) is 5.69 Å². The molecule has 2 heterocycles. The predicted octanol–water partition coefficient (Wildman–Crippen LogP) is 0.935. The summed E-state index contributed by atoms with van der Waals surface area (Å²) in [6, 6.07) is 3.35. The van der Waals surface area contributed by atoms with Gasteiger partial charge in [0.05, 0.1) is 23.4 Å². The summed E-state index contributed by atoms with van der Waals surface area (Å²) in [7, 11) is 0. The molecular formula is C9H9N3OS. The van der Waals surface area contributed by atoms with Crippen LogP contribution in [0.15, 0.2) is 34.0 Å². The molecule has 72 valence electrons. The van der Waals surface area contributed by atoms with E-state index in [1.807, 2.05) is 5.38 Å². The number of hydrogen-bond acceptors (Lipinski definition) is 4. The highest BCUT2D eigenvalue weighted by Gasteiger charge is 2.01. The second-order valence-electron chi connectivity index (χ2n) is 2.88. The molecule has 5 heteroatoms. The zero-order chi connectivity index (χ0) is 9.97. The first kappa shape index (κ1) is 8.96. The van der Waals surface area contributed by atoms with Gasteiger partial charge in [0.1, 0.15) is 0 Å². The Bertz CT molecular complexity index is 475. The van der Waals surface area contributed by atoms with E-state index in [0.717, 1.165) is 5.69 Å². The number of pyridine rings is 1. The van der Waals surface area contributed by atoms with Gasteiger partial charge in [-0.15, -0.1) is 11.3 Å². The maximum atomic E-state index is 11.5. The molecule has 0 aliphatic rings. The zero-order valence-corrected chi connectivity index (χ0v) is 8.20. The number of nitrogens with two attached hydrogens (primary N) is 1. The lowest BCUT2D eigenvalue weighted by Crippen LogP contribution is -2.22. The van der Waals surface area contributed by atoms with Gasteiger partial charge in [-0.3, -0.25) is 4.79 Å². The molecule has 2 N–H and O–H groups in total. The third-order valence-corrected chi connectivity index (χ3v) is 2.50. The van der Waals surface area contributed by atoms with Crippen LogP contribution in [-0.4, -0.2) is 9.55 Å². The molecule has 0 fully saturated rings. The van der Waals surface area contributed by atoms with Gasteiger partial charge in [0.2, 0.25) is 0 Å². The number of aromatic nitrogens is 2. The number of hydrogen-bond donors (Lipinski definition) is 1. The SMILES string of the molecule is Nc1cccn(Cc2cscn2)c1=O. The van der Waals surface area contributed by atoms with Crippen molar-refractivity contribution < 1.29 is 0 Å². The van der Waals surface area contributed by atoms with Crippen LogP contribution in [0.25, 0.3) is 0 Å². The van der Waals surface area contributed by atoms with Crippen LogP contribution in [0.3, 0.4) is 0 Å². The van der Waals surface area contributed by atoms with Gasteiger partial charge in [0.15, 0.2) is 0 Å². The summed E-state index contributed by atoms with van der Waals surface area (Å²) in [5.41, 5.74) is 8.22.